The fraction of sp³-hybridized carbons (Fsp3) is 0.240. The van der Waals surface area contributed by atoms with Crippen LogP contribution in [-0.4, -0.2) is 60.6 Å². The fourth-order valence-electron chi connectivity index (χ4n) is 3.36. The summed E-state index contributed by atoms with van der Waals surface area (Å²) >= 11 is 12.1. The van der Waals surface area contributed by atoms with Crippen molar-refractivity contribution < 1.29 is 26.4 Å². The molecule has 38 heavy (non-hydrogen) atoms. The van der Waals surface area contributed by atoms with Gasteiger partial charge in [-0.05, 0) is 60.2 Å². The van der Waals surface area contributed by atoms with Crippen molar-refractivity contribution in [3.05, 3.63) is 87.9 Å². The van der Waals surface area contributed by atoms with Crippen molar-refractivity contribution in [1.29, 1.82) is 0 Å². The first kappa shape index (κ1) is 29.7. The lowest BCUT2D eigenvalue weighted by atomic mass is 10.1. The molecule has 1 amide bonds. The Bertz CT molecular complexity index is 1470. The van der Waals surface area contributed by atoms with Gasteiger partial charge in [-0.1, -0.05) is 35.3 Å². The molecule has 3 aromatic carbocycles. The van der Waals surface area contributed by atoms with Gasteiger partial charge in [-0.15, -0.1) is 0 Å². The zero-order valence-corrected chi connectivity index (χ0v) is 24.0. The second kappa shape index (κ2) is 12.4. The molecule has 0 aliphatic heterocycles. The first-order chi connectivity index (χ1) is 17.8. The zero-order valence-electron chi connectivity index (χ0n) is 20.9. The third kappa shape index (κ3) is 7.84. The SMILES string of the molecule is CN(C)S(=O)(=O)c1ccc(OCCNC(=O)c2ccc(CN(c3cc(Cl)cc(Cl)c3)S(C)(=O)=O)cc2)cc1. The summed E-state index contributed by atoms with van der Waals surface area (Å²) in [6, 6.07) is 17.1. The minimum absolute atomic E-state index is 0.0277. The molecule has 0 aromatic heterocycles. The van der Waals surface area contributed by atoms with E-state index in [1.807, 2.05) is 0 Å². The number of rotatable bonds is 11. The van der Waals surface area contributed by atoms with E-state index >= 15 is 0 Å². The smallest absolute Gasteiger partial charge is 0.251 e. The molecule has 3 rings (SSSR count). The molecule has 0 unspecified atom stereocenters. The molecule has 3 aromatic rings. The molecular weight excluding hydrogens is 573 g/mol. The van der Waals surface area contributed by atoms with Crippen LogP contribution in [0.2, 0.25) is 10.0 Å². The molecule has 0 aliphatic rings. The quantitative estimate of drug-likeness (QED) is 0.333. The molecule has 0 heterocycles. The second-order valence-corrected chi connectivity index (χ2v) is 13.4. The van der Waals surface area contributed by atoms with Crippen molar-refractivity contribution in [2.24, 2.45) is 0 Å². The molecule has 9 nitrogen and oxygen atoms in total. The number of sulfonamides is 2. The van der Waals surface area contributed by atoms with Crippen LogP contribution in [0.25, 0.3) is 0 Å². The molecule has 0 radical (unpaired) electrons. The molecule has 1 N–H and O–H groups in total. The van der Waals surface area contributed by atoms with Gasteiger partial charge < -0.3 is 10.1 Å². The summed E-state index contributed by atoms with van der Waals surface area (Å²) in [5.41, 5.74) is 1.38. The van der Waals surface area contributed by atoms with Gasteiger partial charge in [0.2, 0.25) is 20.0 Å². The molecule has 0 saturated carbocycles. The van der Waals surface area contributed by atoms with E-state index in [1.165, 1.54) is 48.7 Å². The summed E-state index contributed by atoms with van der Waals surface area (Å²) in [6.07, 6.45) is 1.09. The van der Waals surface area contributed by atoms with E-state index in [0.29, 0.717) is 32.6 Å². The number of nitrogens with one attached hydrogen (secondary N) is 1. The summed E-state index contributed by atoms with van der Waals surface area (Å²) in [6.45, 7) is 0.421. The minimum atomic E-state index is -3.64. The number of nitrogens with zero attached hydrogens (tertiary/aromatic N) is 2. The predicted molar refractivity (Wildman–Crippen MR) is 149 cm³/mol. The van der Waals surface area contributed by atoms with Crippen molar-refractivity contribution in [1.82, 2.24) is 9.62 Å². The Hall–Kier alpha value is -2.83. The van der Waals surface area contributed by atoms with Crippen LogP contribution in [0.4, 0.5) is 5.69 Å². The Balaban J connectivity index is 1.55. The second-order valence-electron chi connectivity index (χ2n) is 8.46. The average Bonchev–Trinajstić information content (AvgIpc) is 2.84. The molecule has 0 saturated heterocycles. The van der Waals surface area contributed by atoms with Crippen molar-refractivity contribution in [2.45, 2.75) is 11.4 Å². The number of amides is 1. The van der Waals surface area contributed by atoms with Gasteiger partial charge in [-0.25, -0.2) is 21.1 Å². The Morgan fingerprint density at radius 3 is 2.00 bits per heavy atom. The van der Waals surface area contributed by atoms with Crippen LogP contribution in [0, 0.1) is 0 Å². The summed E-state index contributed by atoms with van der Waals surface area (Å²) in [7, 11) is -4.24. The maximum Gasteiger partial charge on any atom is 0.251 e. The van der Waals surface area contributed by atoms with Gasteiger partial charge in [0.25, 0.3) is 5.91 Å². The number of halogens is 2. The average molecular weight is 601 g/mol. The predicted octanol–water partition coefficient (Wildman–Crippen LogP) is 4.02. The third-order valence-electron chi connectivity index (χ3n) is 5.34. The van der Waals surface area contributed by atoms with Gasteiger partial charge in [-0.3, -0.25) is 9.10 Å². The van der Waals surface area contributed by atoms with Crippen LogP contribution in [0.3, 0.4) is 0 Å². The largest absolute Gasteiger partial charge is 0.492 e. The highest BCUT2D eigenvalue weighted by Gasteiger charge is 2.20. The Kier molecular flexibility index (Phi) is 9.66. The van der Waals surface area contributed by atoms with Crippen LogP contribution >= 0.6 is 23.2 Å². The van der Waals surface area contributed by atoms with Gasteiger partial charge in [0.1, 0.15) is 12.4 Å². The Morgan fingerprint density at radius 1 is 0.895 bits per heavy atom. The summed E-state index contributed by atoms with van der Waals surface area (Å²) in [4.78, 5) is 12.6. The van der Waals surface area contributed by atoms with Gasteiger partial charge >= 0.3 is 0 Å². The highest BCUT2D eigenvalue weighted by atomic mass is 35.5. The van der Waals surface area contributed by atoms with Crippen molar-refractivity contribution in [2.75, 3.05) is 37.8 Å². The molecule has 0 fully saturated rings. The maximum absolute atomic E-state index is 12.5. The summed E-state index contributed by atoms with van der Waals surface area (Å²) < 4.78 is 56.9. The van der Waals surface area contributed by atoms with E-state index in [1.54, 1.807) is 36.4 Å². The summed E-state index contributed by atoms with van der Waals surface area (Å²) in [5.74, 6) is 0.145. The number of anilines is 1. The maximum atomic E-state index is 12.5. The molecule has 0 aliphatic carbocycles. The lowest BCUT2D eigenvalue weighted by Gasteiger charge is -2.23. The lowest BCUT2D eigenvalue weighted by molar-refractivity contribution is 0.0947. The van der Waals surface area contributed by atoms with Crippen LogP contribution in [-0.2, 0) is 26.6 Å². The van der Waals surface area contributed by atoms with Crippen LogP contribution in [0.15, 0.2) is 71.6 Å². The topological polar surface area (TPSA) is 113 Å². The van der Waals surface area contributed by atoms with E-state index in [0.717, 1.165) is 10.6 Å². The monoisotopic (exact) mass is 599 g/mol. The normalized spacial score (nSPS) is 11.8. The third-order valence-corrected chi connectivity index (χ3v) is 8.74. The van der Waals surface area contributed by atoms with E-state index in [-0.39, 0.29) is 30.5 Å². The van der Waals surface area contributed by atoms with Crippen molar-refractivity contribution >= 4 is 54.8 Å². The van der Waals surface area contributed by atoms with E-state index < -0.39 is 20.0 Å². The van der Waals surface area contributed by atoms with E-state index in [4.69, 9.17) is 27.9 Å². The zero-order chi connectivity index (χ0) is 28.1. The highest BCUT2D eigenvalue weighted by molar-refractivity contribution is 7.92. The molecule has 13 heteroatoms. The number of carbonyl (C=O) groups is 1. The van der Waals surface area contributed by atoms with Gasteiger partial charge in [-0.2, -0.15) is 0 Å². The fourth-order valence-corrected chi connectivity index (χ4v) is 5.65. The number of hydrogen-bond donors (Lipinski definition) is 1. The summed E-state index contributed by atoms with van der Waals surface area (Å²) in [5, 5.41) is 3.36. The Labute approximate surface area is 233 Å². The van der Waals surface area contributed by atoms with Crippen molar-refractivity contribution in [3.8, 4) is 5.75 Å². The van der Waals surface area contributed by atoms with Gasteiger partial charge in [0.15, 0.2) is 0 Å². The van der Waals surface area contributed by atoms with E-state index in [2.05, 4.69) is 5.32 Å². The number of benzene rings is 3. The number of ether oxygens (including phenoxy) is 1. The molecular formula is C25H27Cl2N3O6S2. The van der Waals surface area contributed by atoms with Crippen LogP contribution in [0.5, 0.6) is 5.75 Å². The van der Waals surface area contributed by atoms with E-state index in [9.17, 15) is 21.6 Å². The minimum Gasteiger partial charge on any atom is -0.492 e. The molecule has 0 atom stereocenters. The molecule has 204 valence electrons. The van der Waals surface area contributed by atoms with Gasteiger partial charge in [0, 0.05) is 29.7 Å². The molecule has 0 spiro atoms. The first-order valence-electron chi connectivity index (χ1n) is 11.2. The standard InChI is InChI=1S/C25H27Cl2N3O6S2/c1-29(2)38(34,35)24-10-8-23(9-11-24)36-13-12-28-25(31)19-6-4-18(5-7-19)17-30(37(3,32)33)22-15-20(26)14-21(27)16-22/h4-11,14-16H,12-13,17H2,1-3H3,(H,28,31). The van der Waals surface area contributed by atoms with Gasteiger partial charge in [0.05, 0.1) is 29.9 Å². The first-order valence-corrected chi connectivity index (χ1v) is 15.3. The number of hydrogen-bond acceptors (Lipinski definition) is 6. The lowest BCUT2D eigenvalue weighted by Crippen LogP contribution is -2.29. The molecule has 0 bridgehead atoms. The van der Waals surface area contributed by atoms with Crippen LogP contribution < -0.4 is 14.4 Å². The number of carbonyl (C=O) groups excluding carboxylic acids is 1. The highest BCUT2D eigenvalue weighted by Crippen LogP contribution is 2.28. The van der Waals surface area contributed by atoms with Crippen LogP contribution in [0.1, 0.15) is 15.9 Å². The van der Waals surface area contributed by atoms with Crippen molar-refractivity contribution in [3.63, 3.8) is 0 Å². The Morgan fingerprint density at radius 2 is 1.47 bits per heavy atom.